The van der Waals surface area contributed by atoms with Gasteiger partial charge in [-0.05, 0) is 80.3 Å². The molecule has 0 unspecified atom stereocenters. The van der Waals surface area contributed by atoms with Crippen molar-refractivity contribution in [2.24, 2.45) is 0 Å². The molecule has 192 valence electrons. The summed E-state index contributed by atoms with van der Waals surface area (Å²) in [7, 11) is 0. The zero-order chi connectivity index (χ0) is 27.4. The van der Waals surface area contributed by atoms with Gasteiger partial charge in [-0.25, -0.2) is 35.1 Å². The Morgan fingerprint density at radius 1 is 0.361 bits per heavy atom. The molecule has 4 aromatic carbocycles. The van der Waals surface area contributed by atoms with E-state index in [4.69, 9.17) is 0 Å². The monoisotopic (exact) mass is 512 g/mol. The quantitative estimate of drug-likeness (QED) is 0.163. The Kier molecular flexibility index (Phi) is 12.4. The van der Waals surface area contributed by atoms with Gasteiger partial charge < -0.3 is 0 Å². The lowest BCUT2D eigenvalue weighted by Crippen LogP contribution is -1.92. The first-order chi connectivity index (χ1) is 16.8. The molecule has 36 heavy (non-hydrogen) atoms. The smallest absolute Gasteiger partial charge is 0.194 e. The molecule has 0 radical (unpaired) electrons. The number of halogens is 8. The van der Waals surface area contributed by atoms with E-state index in [0.717, 1.165) is 29.8 Å². The van der Waals surface area contributed by atoms with Crippen LogP contribution >= 0.6 is 0 Å². The Bertz CT molecular complexity index is 1200. The fraction of sp³-hybridized carbons (Fsp3) is 0.143. The van der Waals surface area contributed by atoms with E-state index in [2.05, 4.69) is 0 Å². The van der Waals surface area contributed by atoms with Crippen LogP contribution in [0.2, 0.25) is 0 Å². The standard InChI is InChI=1S/C7H5F3.2C7H6F2.C7H7F/c1-4-2-3-5(8)7(10)6(4)9;1-5-2-3-6(8)7(9)4-5;1-5-3-2-4-6(8)7(5)9;1-6-4-2-3-5-7(6)8/h2-3H,1H3;2*2-4H,1H3;2-5H,1H3. The summed E-state index contributed by atoms with van der Waals surface area (Å²) in [6, 6.07) is 16.7. The molecule has 8 heteroatoms. The van der Waals surface area contributed by atoms with Crippen LogP contribution in [0.3, 0.4) is 0 Å². The van der Waals surface area contributed by atoms with Crippen LogP contribution < -0.4 is 0 Å². The number of aryl methyl sites for hydroxylation is 4. The third-order valence-electron chi connectivity index (χ3n) is 4.52. The Morgan fingerprint density at radius 2 is 0.861 bits per heavy atom. The summed E-state index contributed by atoms with van der Waals surface area (Å²) >= 11 is 0. The summed E-state index contributed by atoms with van der Waals surface area (Å²) in [5.74, 6) is -6.90. The van der Waals surface area contributed by atoms with Crippen molar-refractivity contribution < 1.29 is 35.1 Å². The number of hydrogen-bond acceptors (Lipinski definition) is 0. The fourth-order valence-electron chi connectivity index (χ4n) is 2.39. The Morgan fingerprint density at radius 3 is 1.31 bits per heavy atom. The molecular formula is C28H24F8. The maximum absolute atomic E-state index is 12.4. The summed E-state index contributed by atoms with van der Waals surface area (Å²) in [6.45, 7) is 6.36. The maximum atomic E-state index is 12.4. The second-order valence-corrected chi connectivity index (χ2v) is 7.53. The van der Waals surface area contributed by atoms with E-state index in [-0.39, 0.29) is 11.4 Å². The average molecular weight is 512 g/mol. The highest BCUT2D eigenvalue weighted by Crippen LogP contribution is 2.13. The first kappa shape index (κ1) is 30.4. The lowest BCUT2D eigenvalue weighted by molar-refractivity contribution is 0.443. The lowest BCUT2D eigenvalue weighted by Gasteiger charge is -1.96. The molecule has 4 aromatic rings. The van der Waals surface area contributed by atoms with Crippen molar-refractivity contribution in [2.75, 3.05) is 0 Å². The minimum absolute atomic E-state index is 0.110. The van der Waals surface area contributed by atoms with E-state index in [9.17, 15) is 35.1 Å². The average Bonchev–Trinajstić information content (AvgIpc) is 2.84. The fourth-order valence-corrected chi connectivity index (χ4v) is 2.39. The highest BCUT2D eigenvalue weighted by Gasteiger charge is 2.09. The second-order valence-electron chi connectivity index (χ2n) is 7.53. The molecular weight excluding hydrogens is 488 g/mol. The second kappa shape index (κ2) is 14.7. The minimum atomic E-state index is -1.40. The van der Waals surface area contributed by atoms with E-state index < -0.39 is 40.7 Å². The van der Waals surface area contributed by atoms with Gasteiger partial charge in [0, 0.05) is 0 Å². The Hall–Kier alpha value is -3.68. The molecule has 0 nitrogen and oxygen atoms in total. The van der Waals surface area contributed by atoms with Crippen molar-refractivity contribution in [3.05, 3.63) is 142 Å². The van der Waals surface area contributed by atoms with E-state index in [1.165, 1.54) is 44.2 Å². The van der Waals surface area contributed by atoms with Crippen LogP contribution in [-0.4, -0.2) is 0 Å². The molecule has 0 bridgehead atoms. The minimum Gasteiger partial charge on any atom is -0.207 e. The van der Waals surface area contributed by atoms with E-state index in [1.54, 1.807) is 26.0 Å². The van der Waals surface area contributed by atoms with Gasteiger partial charge in [0.05, 0.1) is 0 Å². The first-order valence-electron chi connectivity index (χ1n) is 10.5. The molecule has 0 aliphatic heterocycles. The van der Waals surface area contributed by atoms with Crippen molar-refractivity contribution in [3.63, 3.8) is 0 Å². The van der Waals surface area contributed by atoms with Gasteiger partial charge in [0.1, 0.15) is 5.82 Å². The summed E-state index contributed by atoms with van der Waals surface area (Å²) in [4.78, 5) is 0. The number of rotatable bonds is 0. The molecule has 0 aliphatic carbocycles. The highest BCUT2D eigenvalue weighted by molar-refractivity contribution is 5.19. The van der Waals surface area contributed by atoms with Gasteiger partial charge in [-0.1, -0.05) is 42.5 Å². The molecule has 0 amide bonds. The zero-order valence-corrected chi connectivity index (χ0v) is 20.0. The van der Waals surface area contributed by atoms with Crippen molar-refractivity contribution in [2.45, 2.75) is 27.7 Å². The molecule has 0 fully saturated rings. The van der Waals surface area contributed by atoms with Crippen molar-refractivity contribution in [1.82, 2.24) is 0 Å². The molecule has 0 saturated carbocycles. The highest BCUT2D eigenvalue weighted by atomic mass is 19.2. The Balaban J connectivity index is 0.000000241. The first-order valence-corrected chi connectivity index (χ1v) is 10.5. The lowest BCUT2D eigenvalue weighted by atomic mass is 10.2. The molecule has 0 N–H and O–H groups in total. The van der Waals surface area contributed by atoms with Crippen LogP contribution in [0.25, 0.3) is 0 Å². The van der Waals surface area contributed by atoms with Gasteiger partial charge >= 0.3 is 0 Å². The molecule has 0 atom stereocenters. The van der Waals surface area contributed by atoms with E-state index >= 15 is 0 Å². The van der Waals surface area contributed by atoms with E-state index in [0.29, 0.717) is 11.1 Å². The third-order valence-corrected chi connectivity index (χ3v) is 4.52. The van der Waals surface area contributed by atoms with Gasteiger partial charge in [0.25, 0.3) is 0 Å². The van der Waals surface area contributed by atoms with Gasteiger partial charge in [0.15, 0.2) is 40.7 Å². The summed E-state index contributed by atoms with van der Waals surface area (Å²) in [5, 5.41) is 0. The summed E-state index contributed by atoms with van der Waals surface area (Å²) < 4.78 is 98.0. The largest absolute Gasteiger partial charge is 0.207 e. The molecule has 0 saturated heterocycles. The SMILES string of the molecule is Cc1ccc(F)c(F)c1.Cc1ccc(F)c(F)c1F.Cc1cccc(F)c1F.Cc1ccccc1F. The molecule has 0 spiro atoms. The van der Waals surface area contributed by atoms with Gasteiger partial charge in [-0.3, -0.25) is 0 Å². The van der Waals surface area contributed by atoms with Crippen LogP contribution in [0.15, 0.2) is 72.8 Å². The van der Waals surface area contributed by atoms with Crippen molar-refractivity contribution in [1.29, 1.82) is 0 Å². The van der Waals surface area contributed by atoms with Crippen molar-refractivity contribution in [3.8, 4) is 0 Å². The zero-order valence-electron chi connectivity index (χ0n) is 20.0. The van der Waals surface area contributed by atoms with Crippen LogP contribution in [0, 0.1) is 74.2 Å². The topological polar surface area (TPSA) is 0 Å². The predicted octanol–water partition coefficient (Wildman–Crippen LogP) is 9.09. The van der Waals surface area contributed by atoms with Crippen LogP contribution in [0.4, 0.5) is 35.1 Å². The van der Waals surface area contributed by atoms with Crippen LogP contribution in [0.1, 0.15) is 22.3 Å². The van der Waals surface area contributed by atoms with E-state index in [1.807, 2.05) is 6.07 Å². The van der Waals surface area contributed by atoms with Gasteiger partial charge in [0.2, 0.25) is 0 Å². The molecule has 0 aromatic heterocycles. The molecule has 0 aliphatic rings. The van der Waals surface area contributed by atoms with Crippen LogP contribution in [0.5, 0.6) is 0 Å². The predicted molar refractivity (Wildman–Crippen MR) is 124 cm³/mol. The third kappa shape index (κ3) is 9.90. The van der Waals surface area contributed by atoms with Gasteiger partial charge in [-0.2, -0.15) is 0 Å². The normalized spacial score (nSPS) is 9.67. The van der Waals surface area contributed by atoms with Gasteiger partial charge in [-0.15, -0.1) is 0 Å². The molecule has 4 rings (SSSR count). The maximum Gasteiger partial charge on any atom is 0.194 e. The molecule has 0 heterocycles. The number of benzene rings is 4. The summed E-state index contributed by atoms with van der Waals surface area (Å²) in [5.41, 5.74) is 1.88. The van der Waals surface area contributed by atoms with Crippen LogP contribution in [-0.2, 0) is 0 Å². The summed E-state index contributed by atoms with van der Waals surface area (Å²) in [6.07, 6.45) is 0. The van der Waals surface area contributed by atoms with Crippen molar-refractivity contribution >= 4 is 0 Å². The Labute approximate surface area is 204 Å². The number of hydrogen-bond donors (Lipinski definition) is 0.